The normalized spacial score (nSPS) is 22.2. The van der Waals surface area contributed by atoms with Crippen LogP contribution in [0.1, 0.15) is 63.0 Å². The number of carbonyl (C=O) groups excluding carboxylic acids is 1. The number of rotatable bonds is 2. The molecule has 174 valence electrons. The summed E-state index contributed by atoms with van der Waals surface area (Å²) >= 11 is 0. The van der Waals surface area contributed by atoms with Crippen LogP contribution in [0.5, 0.6) is 0 Å². The van der Waals surface area contributed by atoms with E-state index in [0.29, 0.717) is 33.0 Å². The maximum Gasteiger partial charge on any atom is 0.410 e. The fourth-order valence-electron chi connectivity index (χ4n) is 4.85. The Kier molecular flexibility index (Phi) is 5.71. The van der Waals surface area contributed by atoms with Gasteiger partial charge < -0.3 is 19.1 Å². The Balaban J connectivity index is 1.55. The first-order valence-corrected chi connectivity index (χ1v) is 11.7. The highest BCUT2D eigenvalue weighted by molar-refractivity contribution is 5.69. The molecule has 0 aromatic carbocycles. The number of aromatic nitrogens is 3. The van der Waals surface area contributed by atoms with Crippen molar-refractivity contribution in [3.8, 4) is 0 Å². The van der Waals surface area contributed by atoms with Gasteiger partial charge >= 0.3 is 6.09 Å². The average Bonchev–Trinajstić information content (AvgIpc) is 3.20. The van der Waals surface area contributed by atoms with Crippen molar-refractivity contribution in [3.63, 3.8) is 0 Å². The molecule has 0 aliphatic carbocycles. The Morgan fingerprint density at radius 2 is 1.94 bits per heavy atom. The third-order valence-electron chi connectivity index (χ3n) is 6.30. The van der Waals surface area contributed by atoms with E-state index in [1.165, 1.54) is 5.56 Å². The molecule has 9 nitrogen and oxygen atoms in total. The molecule has 0 saturated carbocycles. The largest absolute Gasteiger partial charge is 0.444 e. The lowest BCUT2D eigenvalue weighted by Crippen LogP contribution is -2.42. The van der Waals surface area contributed by atoms with Crippen LogP contribution >= 0.6 is 0 Å². The summed E-state index contributed by atoms with van der Waals surface area (Å²) in [5, 5.41) is 5.03. The third kappa shape index (κ3) is 4.15. The SMILES string of the molecule is CC(C)(C)OC(=O)N1CCCCC1c1cc2nc3c(c(N4CCOCC4)n2n1)CCOC3. The predicted molar refractivity (Wildman–Crippen MR) is 119 cm³/mol. The molecule has 2 saturated heterocycles. The van der Waals surface area contributed by atoms with Gasteiger partial charge in [-0.05, 0) is 40.0 Å². The smallest absolute Gasteiger partial charge is 0.410 e. The van der Waals surface area contributed by atoms with Gasteiger partial charge in [-0.3, -0.25) is 4.90 Å². The van der Waals surface area contributed by atoms with Gasteiger partial charge in [0, 0.05) is 37.7 Å². The van der Waals surface area contributed by atoms with Gasteiger partial charge in [0.1, 0.15) is 11.4 Å². The molecule has 0 N–H and O–H groups in total. The van der Waals surface area contributed by atoms with Gasteiger partial charge in [-0.25, -0.2) is 9.78 Å². The molecule has 5 rings (SSSR count). The Labute approximate surface area is 188 Å². The number of amides is 1. The molecule has 2 fully saturated rings. The summed E-state index contributed by atoms with van der Waals surface area (Å²) in [4.78, 5) is 22.0. The highest BCUT2D eigenvalue weighted by Gasteiger charge is 2.34. The van der Waals surface area contributed by atoms with Crippen molar-refractivity contribution in [2.75, 3.05) is 44.4 Å². The lowest BCUT2D eigenvalue weighted by molar-refractivity contribution is 0.00897. The van der Waals surface area contributed by atoms with Gasteiger partial charge in [0.25, 0.3) is 0 Å². The van der Waals surface area contributed by atoms with Crippen molar-refractivity contribution in [2.24, 2.45) is 0 Å². The number of fused-ring (bicyclic) bond motifs is 2. The molecule has 0 radical (unpaired) electrons. The quantitative estimate of drug-likeness (QED) is 0.705. The van der Waals surface area contributed by atoms with E-state index in [9.17, 15) is 4.79 Å². The van der Waals surface area contributed by atoms with Crippen molar-refractivity contribution < 1.29 is 19.0 Å². The van der Waals surface area contributed by atoms with Crippen LogP contribution in [0.25, 0.3) is 5.65 Å². The monoisotopic (exact) mass is 443 g/mol. The zero-order chi connectivity index (χ0) is 22.3. The molecule has 9 heteroatoms. The number of piperidine rings is 1. The maximum absolute atomic E-state index is 13.0. The number of nitrogens with zero attached hydrogens (tertiary/aromatic N) is 5. The summed E-state index contributed by atoms with van der Waals surface area (Å²) in [5.41, 5.74) is 3.36. The molecule has 2 aromatic heterocycles. The molecule has 2 aromatic rings. The van der Waals surface area contributed by atoms with Gasteiger partial charge in [-0.15, -0.1) is 0 Å². The minimum absolute atomic E-state index is 0.105. The first-order valence-electron chi connectivity index (χ1n) is 11.7. The Morgan fingerprint density at radius 1 is 1.12 bits per heavy atom. The van der Waals surface area contributed by atoms with Gasteiger partial charge in [0.15, 0.2) is 5.65 Å². The summed E-state index contributed by atoms with van der Waals surface area (Å²) in [6, 6.07) is 1.93. The molecular formula is C23H33N5O4. The van der Waals surface area contributed by atoms with Crippen LogP contribution in [-0.2, 0) is 27.2 Å². The van der Waals surface area contributed by atoms with E-state index in [-0.39, 0.29) is 12.1 Å². The minimum Gasteiger partial charge on any atom is -0.444 e. The van der Waals surface area contributed by atoms with E-state index in [0.717, 1.165) is 61.6 Å². The molecule has 1 unspecified atom stereocenters. The lowest BCUT2D eigenvalue weighted by Gasteiger charge is -2.35. The fraction of sp³-hybridized carbons (Fsp3) is 0.696. The van der Waals surface area contributed by atoms with Crippen LogP contribution in [0.15, 0.2) is 6.07 Å². The molecule has 0 bridgehead atoms. The van der Waals surface area contributed by atoms with Crippen molar-refractivity contribution in [2.45, 2.75) is 64.7 Å². The lowest BCUT2D eigenvalue weighted by atomic mass is 10.00. The summed E-state index contributed by atoms with van der Waals surface area (Å²) in [7, 11) is 0. The van der Waals surface area contributed by atoms with E-state index >= 15 is 0 Å². The van der Waals surface area contributed by atoms with Crippen molar-refractivity contribution in [1.29, 1.82) is 0 Å². The topological polar surface area (TPSA) is 81.4 Å². The summed E-state index contributed by atoms with van der Waals surface area (Å²) in [5.74, 6) is 1.10. The van der Waals surface area contributed by atoms with E-state index < -0.39 is 5.60 Å². The van der Waals surface area contributed by atoms with E-state index in [1.54, 1.807) is 0 Å². The van der Waals surface area contributed by atoms with Crippen LogP contribution in [0.4, 0.5) is 10.6 Å². The molecule has 1 amide bonds. The summed E-state index contributed by atoms with van der Waals surface area (Å²) < 4.78 is 19.0. The van der Waals surface area contributed by atoms with Gasteiger partial charge in [0.2, 0.25) is 0 Å². The highest BCUT2D eigenvalue weighted by Crippen LogP contribution is 2.34. The van der Waals surface area contributed by atoms with Crippen LogP contribution in [-0.4, -0.2) is 70.6 Å². The molecule has 32 heavy (non-hydrogen) atoms. The maximum atomic E-state index is 13.0. The third-order valence-corrected chi connectivity index (χ3v) is 6.30. The number of likely N-dealkylation sites (tertiary alicyclic amines) is 1. The summed E-state index contributed by atoms with van der Waals surface area (Å²) in [6.07, 6.45) is 3.47. The van der Waals surface area contributed by atoms with E-state index in [4.69, 9.17) is 24.3 Å². The minimum atomic E-state index is -0.526. The second-order valence-electron chi connectivity index (χ2n) is 9.79. The molecule has 3 aliphatic heterocycles. The number of carbonyl (C=O) groups is 1. The van der Waals surface area contributed by atoms with Crippen molar-refractivity contribution in [1.82, 2.24) is 19.5 Å². The number of anilines is 1. The van der Waals surface area contributed by atoms with Crippen molar-refractivity contribution in [3.05, 3.63) is 23.0 Å². The second-order valence-corrected chi connectivity index (χ2v) is 9.79. The van der Waals surface area contributed by atoms with Crippen LogP contribution in [0, 0.1) is 0 Å². The van der Waals surface area contributed by atoms with E-state index in [1.807, 2.05) is 36.3 Å². The molecule has 1 atom stereocenters. The van der Waals surface area contributed by atoms with Crippen LogP contribution in [0.2, 0.25) is 0 Å². The number of morpholine rings is 1. The first kappa shape index (κ1) is 21.5. The fourth-order valence-corrected chi connectivity index (χ4v) is 4.85. The van der Waals surface area contributed by atoms with Gasteiger partial charge in [-0.1, -0.05) is 0 Å². The van der Waals surface area contributed by atoms with Gasteiger partial charge in [0.05, 0.1) is 43.9 Å². The number of hydrogen-bond acceptors (Lipinski definition) is 7. The Bertz CT molecular complexity index is 992. The first-order chi connectivity index (χ1) is 15.4. The highest BCUT2D eigenvalue weighted by atomic mass is 16.6. The molecule has 5 heterocycles. The van der Waals surface area contributed by atoms with E-state index in [2.05, 4.69) is 4.90 Å². The zero-order valence-electron chi connectivity index (χ0n) is 19.3. The number of ether oxygens (including phenoxy) is 3. The Morgan fingerprint density at radius 3 is 2.72 bits per heavy atom. The van der Waals surface area contributed by atoms with Crippen molar-refractivity contribution >= 4 is 17.6 Å². The van der Waals surface area contributed by atoms with Crippen LogP contribution in [0.3, 0.4) is 0 Å². The predicted octanol–water partition coefficient (Wildman–Crippen LogP) is 3.10. The van der Waals surface area contributed by atoms with Crippen LogP contribution < -0.4 is 4.90 Å². The molecular weight excluding hydrogens is 410 g/mol. The average molecular weight is 444 g/mol. The molecule has 0 spiro atoms. The second kappa shape index (κ2) is 8.51. The summed E-state index contributed by atoms with van der Waals surface area (Å²) in [6.45, 7) is 10.7. The zero-order valence-corrected chi connectivity index (χ0v) is 19.3. The van der Waals surface area contributed by atoms with Gasteiger partial charge in [-0.2, -0.15) is 9.61 Å². The Hall–Kier alpha value is -2.39. The number of hydrogen-bond donors (Lipinski definition) is 0. The standard InChI is InChI=1S/C23H33N5O4/c1-23(2,3)32-22(29)27-8-5-4-6-19(27)17-14-20-24-18-15-31-11-7-16(18)21(28(20)25-17)26-9-12-30-13-10-26/h14,19H,4-13,15H2,1-3H3. The molecule has 3 aliphatic rings.